The molecule has 23 heavy (non-hydrogen) atoms. The molecule has 1 amide bonds. The SMILES string of the molecule is CC(CCO)C(C)C1CCN(C(=O)OCc2ccccc2)CC1. The molecule has 0 spiro atoms. The van der Waals surface area contributed by atoms with E-state index in [0.717, 1.165) is 37.9 Å². The van der Waals surface area contributed by atoms with Gasteiger partial charge in [-0.15, -0.1) is 0 Å². The first-order chi connectivity index (χ1) is 11.1. The van der Waals surface area contributed by atoms with Gasteiger partial charge in [0.1, 0.15) is 6.61 Å². The number of likely N-dealkylation sites (tertiary alicyclic amines) is 1. The number of hydrogen-bond donors (Lipinski definition) is 1. The fourth-order valence-corrected chi connectivity index (χ4v) is 3.35. The summed E-state index contributed by atoms with van der Waals surface area (Å²) in [7, 11) is 0. The first kappa shape index (κ1) is 17.8. The van der Waals surface area contributed by atoms with Crippen LogP contribution in [0.5, 0.6) is 0 Å². The van der Waals surface area contributed by atoms with Gasteiger partial charge >= 0.3 is 6.09 Å². The van der Waals surface area contributed by atoms with Gasteiger partial charge < -0.3 is 14.7 Å². The van der Waals surface area contributed by atoms with Crippen molar-refractivity contribution in [1.82, 2.24) is 4.90 Å². The van der Waals surface area contributed by atoms with Crippen LogP contribution in [0.25, 0.3) is 0 Å². The number of benzene rings is 1. The monoisotopic (exact) mass is 319 g/mol. The number of rotatable bonds is 6. The third-order valence-electron chi connectivity index (χ3n) is 5.23. The van der Waals surface area contributed by atoms with Crippen LogP contribution < -0.4 is 0 Å². The molecule has 2 unspecified atom stereocenters. The Labute approximate surface area is 139 Å². The average molecular weight is 319 g/mol. The minimum atomic E-state index is -0.205. The van der Waals surface area contributed by atoms with Crippen LogP contribution in [0.3, 0.4) is 0 Å². The summed E-state index contributed by atoms with van der Waals surface area (Å²) in [5.74, 6) is 1.75. The number of nitrogens with zero attached hydrogens (tertiary/aromatic N) is 1. The summed E-state index contributed by atoms with van der Waals surface area (Å²) in [5.41, 5.74) is 1.02. The zero-order valence-electron chi connectivity index (χ0n) is 14.3. The van der Waals surface area contributed by atoms with E-state index in [4.69, 9.17) is 9.84 Å². The Kier molecular flexibility index (Phi) is 6.90. The van der Waals surface area contributed by atoms with Crippen molar-refractivity contribution in [1.29, 1.82) is 0 Å². The minimum Gasteiger partial charge on any atom is -0.445 e. The quantitative estimate of drug-likeness (QED) is 0.870. The highest BCUT2D eigenvalue weighted by molar-refractivity contribution is 5.67. The van der Waals surface area contributed by atoms with Crippen molar-refractivity contribution in [3.63, 3.8) is 0 Å². The summed E-state index contributed by atoms with van der Waals surface area (Å²) in [6.45, 7) is 6.62. The maximum absolute atomic E-state index is 12.2. The number of piperidine rings is 1. The van der Waals surface area contributed by atoms with Gasteiger partial charge in [0, 0.05) is 19.7 Å². The molecule has 128 valence electrons. The Morgan fingerprint density at radius 2 is 1.91 bits per heavy atom. The highest BCUT2D eigenvalue weighted by Crippen LogP contribution is 2.31. The Bertz CT molecular complexity index is 469. The van der Waals surface area contributed by atoms with E-state index in [2.05, 4.69) is 13.8 Å². The van der Waals surface area contributed by atoms with Crippen molar-refractivity contribution in [3.05, 3.63) is 35.9 Å². The van der Waals surface area contributed by atoms with Crippen LogP contribution in [0, 0.1) is 17.8 Å². The number of amides is 1. The molecule has 0 aromatic heterocycles. The highest BCUT2D eigenvalue weighted by Gasteiger charge is 2.29. The largest absolute Gasteiger partial charge is 0.445 e. The number of carbonyl (C=O) groups excluding carboxylic acids is 1. The van der Waals surface area contributed by atoms with E-state index in [1.54, 1.807) is 0 Å². The van der Waals surface area contributed by atoms with Crippen molar-refractivity contribution < 1.29 is 14.6 Å². The van der Waals surface area contributed by atoms with Crippen molar-refractivity contribution in [3.8, 4) is 0 Å². The molecule has 2 rings (SSSR count). The second kappa shape index (κ2) is 8.92. The van der Waals surface area contributed by atoms with Crippen LogP contribution >= 0.6 is 0 Å². The molecule has 1 aromatic rings. The Hall–Kier alpha value is -1.55. The number of hydrogen-bond acceptors (Lipinski definition) is 3. The number of aliphatic hydroxyl groups is 1. The molecule has 1 aliphatic rings. The number of aliphatic hydroxyl groups excluding tert-OH is 1. The standard InChI is InChI=1S/C19H29NO3/c1-15(10-13-21)16(2)18-8-11-20(12-9-18)19(22)23-14-17-6-4-3-5-7-17/h3-7,15-16,18,21H,8-14H2,1-2H3. The lowest BCUT2D eigenvalue weighted by atomic mass is 9.77. The van der Waals surface area contributed by atoms with E-state index >= 15 is 0 Å². The molecule has 4 nitrogen and oxygen atoms in total. The molecule has 0 aliphatic carbocycles. The van der Waals surface area contributed by atoms with Gasteiger partial charge in [0.05, 0.1) is 0 Å². The maximum Gasteiger partial charge on any atom is 0.410 e. The smallest absolute Gasteiger partial charge is 0.410 e. The van der Waals surface area contributed by atoms with E-state index in [1.165, 1.54) is 0 Å². The topological polar surface area (TPSA) is 49.8 Å². The number of carbonyl (C=O) groups is 1. The van der Waals surface area contributed by atoms with Gasteiger partial charge in [-0.25, -0.2) is 4.79 Å². The van der Waals surface area contributed by atoms with Crippen LogP contribution in [-0.4, -0.2) is 35.8 Å². The van der Waals surface area contributed by atoms with Gasteiger partial charge in [-0.2, -0.15) is 0 Å². The van der Waals surface area contributed by atoms with Crippen LogP contribution in [0.2, 0.25) is 0 Å². The van der Waals surface area contributed by atoms with Crippen molar-refractivity contribution in [2.24, 2.45) is 17.8 Å². The predicted molar refractivity (Wildman–Crippen MR) is 91.0 cm³/mol. The highest BCUT2D eigenvalue weighted by atomic mass is 16.6. The molecule has 0 radical (unpaired) electrons. The van der Waals surface area contributed by atoms with Crippen LogP contribution in [0.1, 0.15) is 38.7 Å². The Morgan fingerprint density at radius 1 is 1.26 bits per heavy atom. The van der Waals surface area contributed by atoms with E-state index < -0.39 is 0 Å². The number of ether oxygens (including phenoxy) is 1. The fraction of sp³-hybridized carbons (Fsp3) is 0.632. The van der Waals surface area contributed by atoms with Gasteiger partial charge in [0.15, 0.2) is 0 Å². The van der Waals surface area contributed by atoms with Gasteiger partial charge in [-0.1, -0.05) is 44.2 Å². The third kappa shape index (κ3) is 5.24. The summed E-state index contributed by atoms with van der Waals surface area (Å²) >= 11 is 0. The van der Waals surface area contributed by atoms with Crippen LogP contribution in [0.15, 0.2) is 30.3 Å². The lowest BCUT2D eigenvalue weighted by Crippen LogP contribution is -2.40. The Balaban J connectivity index is 1.74. The molecule has 2 atom stereocenters. The molecule has 1 fully saturated rings. The lowest BCUT2D eigenvalue weighted by Gasteiger charge is -2.36. The molecule has 1 N–H and O–H groups in total. The molecule has 1 aromatic carbocycles. The summed E-state index contributed by atoms with van der Waals surface area (Å²) in [6.07, 6.45) is 2.71. The summed E-state index contributed by atoms with van der Waals surface area (Å²) < 4.78 is 5.40. The van der Waals surface area contributed by atoms with Crippen molar-refractivity contribution >= 4 is 6.09 Å². The normalized spacial score (nSPS) is 18.5. The predicted octanol–water partition coefficient (Wildman–Crippen LogP) is 3.69. The fourth-order valence-electron chi connectivity index (χ4n) is 3.35. The van der Waals surface area contributed by atoms with Crippen LogP contribution in [0.4, 0.5) is 4.79 Å². The average Bonchev–Trinajstić information content (AvgIpc) is 2.60. The third-order valence-corrected chi connectivity index (χ3v) is 5.23. The molecular weight excluding hydrogens is 290 g/mol. The molecular formula is C19H29NO3. The van der Waals surface area contributed by atoms with Gasteiger partial charge in [0.25, 0.3) is 0 Å². The maximum atomic E-state index is 12.2. The molecule has 0 bridgehead atoms. The van der Waals surface area contributed by atoms with Gasteiger partial charge in [0.2, 0.25) is 0 Å². The molecule has 0 saturated carbocycles. The summed E-state index contributed by atoms with van der Waals surface area (Å²) in [6, 6.07) is 9.77. The van der Waals surface area contributed by atoms with Crippen LogP contribution in [-0.2, 0) is 11.3 Å². The summed E-state index contributed by atoms with van der Waals surface area (Å²) in [4.78, 5) is 14.0. The van der Waals surface area contributed by atoms with E-state index in [0.29, 0.717) is 24.4 Å². The van der Waals surface area contributed by atoms with Crippen molar-refractivity contribution in [2.75, 3.05) is 19.7 Å². The molecule has 1 heterocycles. The van der Waals surface area contributed by atoms with Gasteiger partial charge in [-0.3, -0.25) is 0 Å². The Morgan fingerprint density at radius 3 is 2.52 bits per heavy atom. The van der Waals surface area contributed by atoms with Gasteiger partial charge in [-0.05, 0) is 42.6 Å². The first-order valence-corrected chi connectivity index (χ1v) is 8.68. The first-order valence-electron chi connectivity index (χ1n) is 8.68. The van der Waals surface area contributed by atoms with E-state index in [9.17, 15) is 4.79 Å². The van der Waals surface area contributed by atoms with E-state index in [-0.39, 0.29) is 12.7 Å². The zero-order chi connectivity index (χ0) is 16.7. The zero-order valence-corrected chi connectivity index (χ0v) is 14.3. The van der Waals surface area contributed by atoms with E-state index in [1.807, 2.05) is 35.2 Å². The second-order valence-electron chi connectivity index (χ2n) is 6.71. The summed E-state index contributed by atoms with van der Waals surface area (Å²) in [5, 5.41) is 9.08. The minimum absolute atomic E-state index is 0.205. The molecule has 4 heteroatoms. The molecule has 1 saturated heterocycles. The lowest BCUT2D eigenvalue weighted by molar-refractivity contribution is 0.0705. The van der Waals surface area contributed by atoms with Crippen molar-refractivity contribution in [2.45, 2.75) is 39.7 Å². The second-order valence-corrected chi connectivity index (χ2v) is 6.71. The molecule has 1 aliphatic heterocycles.